The molecule has 1 aromatic heterocycles. The van der Waals surface area contributed by atoms with Gasteiger partial charge in [-0.25, -0.2) is 9.07 Å². The molecule has 1 heterocycles. The molecule has 0 aliphatic heterocycles. The van der Waals surface area contributed by atoms with Gasteiger partial charge in [0, 0.05) is 11.3 Å². The van der Waals surface area contributed by atoms with Gasteiger partial charge in [0.05, 0.1) is 17.6 Å². The first-order valence-electron chi connectivity index (χ1n) is 9.38. The molecule has 4 rings (SSSR count). The molecular formula is C20H22FN3O3. The summed E-state index contributed by atoms with van der Waals surface area (Å²) in [6, 6.07) is 6.04. The Labute approximate surface area is 156 Å². The standard InChI is InChI=1S/C20H22FN3O3/c21-13-6-8-14(9-7-13)24-16-5-3-4-15(16)18(23-24)19(27)22-20(12-17(25)26)10-1-2-11-20/h6-9H,1-5,10-12H2,(H,22,27)(H,25,26). The van der Waals surface area contributed by atoms with Crippen molar-refractivity contribution in [3.05, 3.63) is 47.0 Å². The molecule has 0 atom stereocenters. The second-order valence-corrected chi connectivity index (χ2v) is 7.53. The minimum atomic E-state index is -0.903. The third-order valence-corrected chi connectivity index (χ3v) is 5.65. The van der Waals surface area contributed by atoms with Crippen LogP contribution in [-0.4, -0.2) is 32.3 Å². The predicted octanol–water partition coefficient (Wildman–Crippen LogP) is 3.02. The fraction of sp³-hybridized carbons (Fsp3) is 0.450. The highest BCUT2D eigenvalue weighted by Crippen LogP contribution is 2.34. The number of amides is 1. The van der Waals surface area contributed by atoms with E-state index in [0.717, 1.165) is 49.0 Å². The molecule has 2 aromatic rings. The van der Waals surface area contributed by atoms with E-state index in [0.29, 0.717) is 18.5 Å². The zero-order valence-corrected chi connectivity index (χ0v) is 15.0. The number of hydrogen-bond donors (Lipinski definition) is 2. The predicted molar refractivity (Wildman–Crippen MR) is 96.5 cm³/mol. The number of hydrogen-bond acceptors (Lipinski definition) is 3. The van der Waals surface area contributed by atoms with Crippen molar-refractivity contribution in [2.75, 3.05) is 0 Å². The lowest BCUT2D eigenvalue weighted by molar-refractivity contribution is -0.138. The summed E-state index contributed by atoms with van der Waals surface area (Å²) in [7, 11) is 0. The summed E-state index contributed by atoms with van der Waals surface area (Å²) in [4.78, 5) is 24.3. The van der Waals surface area contributed by atoms with Crippen LogP contribution in [0.4, 0.5) is 4.39 Å². The normalized spacial score (nSPS) is 17.7. The summed E-state index contributed by atoms with van der Waals surface area (Å²) in [5, 5.41) is 16.8. The molecule has 1 fully saturated rings. The van der Waals surface area contributed by atoms with Gasteiger partial charge in [-0.15, -0.1) is 0 Å². The van der Waals surface area contributed by atoms with E-state index >= 15 is 0 Å². The highest BCUT2D eigenvalue weighted by Gasteiger charge is 2.39. The number of carbonyl (C=O) groups excluding carboxylic acids is 1. The molecule has 1 aromatic carbocycles. The maximum absolute atomic E-state index is 13.2. The fourth-order valence-electron chi connectivity index (χ4n) is 4.40. The van der Waals surface area contributed by atoms with Gasteiger partial charge < -0.3 is 10.4 Å². The van der Waals surface area contributed by atoms with Crippen LogP contribution >= 0.6 is 0 Å². The first kappa shape index (κ1) is 17.7. The van der Waals surface area contributed by atoms with Gasteiger partial charge in [-0.2, -0.15) is 5.10 Å². The monoisotopic (exact) mass is 371 g/mol. The van der Waals surface area contributed by atoms with Gasteiger partial charge >= 0.3 is 5.97 Å². The van der Waals surface area contributed by atoms with Crippen molar-refractivity contribution in [2.45, 2.75) is 56.9 Å². The Morgan fingerprint density at radius 2 is 1.85 bits per heavy atom. The zero-order valence-electron chi connectivity index (χ0n) is 15.0. The number of aromatic nitrogens is 2. The number of carboxylic acid groups (broad SMARTS) is 1. The molecule has 2 aliphatic carbocycles. The SMILES string of the molecule is O=C(O)CC1(NC(=O)c2nn(-c3ccc(F)cc3)c3c2CCC3)CCCC1. The van der Waals surface area contributed by atoms with Crippen LogP contribution in [0, 0.1) is 5.82 Å². The second-order valence-electron chi connectivity index (χ2n) is 7.53. The van der Waals surface area contributed by atoms with Crippen LogP contribution < -0.4 is 5.32 Å². The maximum Gasteiger partial charge on any atom is 0.305 e. The molecule has 142 valence electrons. The van der Waals surface area contributed by atoms with E-state index in [9.17, 15) is 19.1 Å². The largest absolute Gasteiger partial charge is 0.481 e. The molecular weight excluding hydrogens is 349 g/mol. The number of benzene rings is 1. The van der Waals surface area contributed by atoms with Crippen LogP contribution in [0.25, 0.3) is 5.69 Å². The van der Waals surface area contributed by atoms with Crippen molar-refractivity contribution in [1.82, 2.24) is 15.1 Å². The lowest BCUT2D eigenvalue weighted by Crippen LogP contribution is -2.48. The number of halogens is 1. The molecule has 0 radical (unpaired) electrons. The van der Waals surface area contributed by atoms with Crippen molar-refractivity contribution >= 4 is 11.9 Å². The topological polar surface area (TPSA) is 84.2 Å². The lowest BCUT2D eigenvalue weighted by atomic mass is 9.93. The van der Waals surface area contributed by atoms with E-state index in [1.165, 1.54) is 12.1 Å². The Kier molecular flexibility index (Phi) is 4.45. The molecule has 2 aliphatic rings. The molecule has 2 N–H and O–H groups in total. The first-order valence-corrected chi connectivity index (χ1v) is 9.38. The maximum atomic E-state index is 13.2. The molecule has 0 spiro atoms. The molecule has 7 heteroatoms. The molecule has 0 unspecified atom stereocenters. The molecule has 0 bridgehead atoms. The smallest absolute Gasteiger partial charge is 0.305 e. The minimum Gasteiger partial charge on any atom is -0.481 e. The Bertz CT molecular complexity index is 883. The van der Waals surface area contributed by atoms with Crippen molar-refractivity contribution in [2.24, 2.45) is 0 Å². The lowest BCUT2D eigenvalue weighted by Gasteiger charge is -2.28. The van der Waals surface area contributed by atoms with Crippen molar-refractivity contribution in [1.29, 1.82) is 0 Å². The fourth-order valence-corrected chi connectivity index (χ4v) is 4.40. The number of fused-ring (bicyclic) bond motifs is 1. The molecule has 1 saturated carbocycles. The van der Waals surface area contributed by atoms with Crippen LogP contribution in [0.1, 0.15) is 60.3 Å². The van der Waals surface area contributed by atoms with Crippen LogP contribution in [-0.2, 0) is 17.6 Å². The molecule has 1 amide bonds. The molecule has 27 heavy (non-hydrogen) atoms. The summed E-state index contributed by atoms with van der Waals surface area (Å²) in [6.07, 6.45) is 5.62. The van der Waals surface area contributed by atoms with Crippen molar-refractivity contribution < 1.29 is 19.1 Å². The van der Waals surface area contributed by atoms with Gasteiger partial charge in [0.15, 0.2) is 5.69 Å². The van der Waals surface area contributed by atoms with Crippen LogP contribution in [0.15, 0.2) is 24.3 Å². The highest BCUT2D eigenvalue weighted by molar-refractivity contribution is 5.95. The summed E-state index contributed by atoms with van der Waals surface area (Å²) in [6.45, 7) is 0. The average molecular weight is 371 g/mol. The van der Waals surface area contributed by atoms with Gasteiger partial charge in [-0.1, -0.05) is 12.8 Å². The Hall–Kier alpha value is -2.70. The van der Waals surface area contributed by atoms with Gasteiger partial charge in [0.25, 0.3) is 5.91 Å². The van der Waals surface area contributed by atoms with Crippen molar-refractivity contribution in [3.8, 4) is 5.69 Å². The average Bonchev–Trinajstić information content (AvgIpc) is 3.31. The van der Waals surface area contributed by atoms with E-state index in [1.54, 1.807) is 16.8 Å². The zero-order chi connectivity index (χ0) is 19.0. The molecule has 6 nitrogen and oxygen atoms in total. The first-order chi connectivity index (χ1) is 13.0. The Balaban J connectivity index is 1.66. The van der Waals surface area contributed by atoms with Gasteiger partial charge in [-0.3, -0.25) is 9.59 Å². The Morgan fingerprint density at radius 3 is 2.52 bits per heavy atom. The summed E-state index contributed by atoms with van der Waals surface area (Å²) in [5.41, 5.74) is 2.29. The van der Waals surface area contributed by atoms with Crippen LogP contribution in [0.5, 0.6) is 0 Å². The summed E-state index contributed by atoms with van der Waals surface area (Å²) < 4.78 is 15.0. The van der Waals surface area contributed by atoms with E-state index in [4.69, 9.17) is 0 Å². The summed E-state index contributed by atoms with van der Waals surface area (Å²) >= 11 is 0. The quantitative estimate of drug-likeness (QED) is 0.846. The number of rotatable bonds is 5. The van der Waals surface area contributed by atoms with E-state index in [1.807, 2.05) is 0 Å². The van der Waals surface area contributed by atoms with Gasteiger partial charge in [0.1, 0.15) is 5.82 Å². The summed E-state index contributed by atoms with van der Waals surface area (Å²) in [5.74, 6) is -1.53. The molecule has 0 saturated heterocycles. The number of carbonyl (C=O) groups is 2. The van der Waals surface area contributed by atoms with Gasteiger partial charge in [0.2, 0.25) is 0 Å². The number of nitrogens with one attached hydrogen (secondary N) is 1. The van der Waals surface area contributed by atoms with Crippen LogP contribution in [0.2, 0.25) is 0 Å². The second kappa shape index (κ2) is 6.79. The number of nitrogens with zero attached hydrogens (tertiary/aromatic N) is 2. The Morgan fingerprint density at radius 1 is 1.15 bits per heavy atom. The van der Waals surface area contributed by atoms with E-state index in [2.05, 4.69) is 10.4 Å². The number of aliphatic carboxylic acids is 1. The van der Waals surface area contributed by atoms with E-state index in [-0.39, 0.29) is 18.1 Å². The minimum absolute atomic E-state index is 0.0698. The van der Waals surface area contributed by atoms with Crippen molar-refractivity contribution in [3.63, 3.8) is 0 Å². The van der Waals surface area contributed by atoms with E-state index < -0.39 is 11.5 Å². The van der Waals surface area contributed by atoms with Crippen LogP contribution in [0.3, 0.4) is 0 Å². The highest BCUT2D eigenvalue weighted by atomic mass is 19.1. The van der Waals surface area contributed by atoms with Gasteiger partial charge in [-0.05, 0) is 56.4 Å². The third-order valence-electron chi connectivity index (χ3n) is 5.65. The number of carboxylic acids is 1. The third kappa shape index (κ3) is 3.34.